The summed E-state index contributed by atoms with van der Waals surface area (Å²) in [4.78, 5) is 5.38. The first kappa shape index (κ1) is 11.2. The van der Waals surface area contributed by atoms with Crippen molar-refractivity contribution in [3.63, 3.8) is 0 Å². The Balaban J connectivity index is 1.77. The van der Waals surface area contributed by atoms with Gasteiger partial charge < -0.3 is 4.84 Å². The van der Waals surface area contributed by atoms with Crippen molar-refractivity contribution in [1.29, 1.82) is 0 Å². The molecule has 0 spiro atoms. The molecule has 0 aliphatic heterocycles. The largest absolute Gasteiger partial charge is 0.391 e. The quantitative estimate of drug-likeness (QED) is 0.706. The van der Waals surface area contributed by atoms with Crippen molar-refractivity contribution < 1.29 is 4.84 Å². The van der Waals surface area contributed by atoms with Gasteiger partial charge in [-0.1, -0.05) is 42.4 Å². The molecule has 2 rings (SSSR count). The van der Waals surface area contributed by atoms with E-state index in [0.29, 0.717) is 6.61 Å². The lowest BCUT2D eigenvalue weighted by Gasteiger charge is -2.18. The number of oxime groups is 1. The van der Waals surface area contributed by atoms with Gasteiger partial charge in [-0.3, -0.25) is 0 Å². The molecular weight excluding hydrogens is 198 g/mol. The van der Waals surface area contributed by atoms with E-state index in [1.54, 1.807) is 0 Å². The summed E-state index contributed by atoms with van der Waals surface area (Å²) in [6.07, 6.45) is 4.73. The zero-order valence-electron chi connectivity index (χ0n) is 9.86. The number of rotatable bonds is 3. The van der Waals surface area contributed by atoms with Crippen LogP contribution in [0.1, 0.15) is 38.2 Å². The highest BCUT2D eigenvalue weighted by Crippen LogP contribution is 2.21. The average molecular weight is 217 g/mol. The molecule has 2 nitrogen and oxygen atoms in total. The van der Waals surface area contributed by atoms with Gasteiger partial charge in [-0.2, -0.15) is 0 Å². The molecule has 1 aromatic carbocycles. The molecule has 1 saturated carbocycles. The van der Waals surface area contributed by atoms with Crippen LogP contribution in [0.15, 0.2) is 35.5 Å². The average Bonchev–Trinajstić information content (AvgIpc) is 2.33. The summed E-state index contributed by atoms with van der Waals surface area (Å²) < 4.78 is 0. The maximum atomic E-state index is 5.38. The topological polar surface area (TPSA) is 21.6 Å². The summed E-state index contributed by atoms with van der Waals surface area (Å²) in [7, 11) is 0. The molecule has 1 aliphatic rings. The molecule has 0 unspecified atom stereocenters. The summed E-state index contributed by atoms with van der Waals surface area (Å²) in [6, 6.07) is 10.2. The third kappa shape index (κ3) is 3.37. The van der Waals surface area contributed by atoms with E-state index in [2.05, 4.69) is 24.2 Å². The predicted molar refractivity (Wildman–Crippen MR) is 66.3 cm³/mol. The number of hydrogen-bond acceptors (Lipinski definition) is 2. The molecule has 0 atom stereocenters. The number of nitrogens with zero attached hydrogens (tertiary/aromatic N) is 1. The Morgan fingerprint density at radius 2 is 1.88 bits per heavy atom. The molecule has 86 valence electrons. The molecule has 1 aliphatic carbocycles. The molecule has 1 aromatic rings. The van der Waals surface area contributed by atoms with Gasteiger partial charge in [-0.05, 0) is 37.2 Å². The summed E-state index contributed by atoms with van der Waals surface area (Å²) in [6.45, 7) is 2.89. The van der Waals surface area contributed by atoms with E-state index in [-0.39, 0.29) is 0 Å². The normalized spacial score (nSPS) is 20.6. The van der Waals surface area contributed by atoms with E-state index in [1.165, 1.54) is 24.1 Å². The zero-order valence-corrected chi connectivity index (χ0v) is 9.86. The fourth-order valence-corrected chi connectivity index (χ4v) is 1.96. The van der Waals surface area contributed by atoms with Crippen molar-refractivity contribution >= 4 is 5.71 Å². The van der Waals surface area contributed by atoms with Gasteiger partial charge in [-0.15, -0.1) is 0 Å². The predicted octanol–water partition coefficient (Wildman–Crippen LogP) is 3.77. The highest BCUT2D eigenvalue weighted by molar-refractivity contribution is 5.84. The molecule has 0 bridgehead atoms. The van der Waals surface area contributed by atoms with Crippen molar-refractivity contribution in [3.05, 3.63) is 35.9 Å². The van der Waals surface area contributed by atoms with Crippen LogP contribution in [0, 0.1) is 5.92 Å². The van der Waals surface area contributed by atoms with Crippen molar-refractivity contribution in [2.45, 2.75) is 39.2 Å². The van der Waals surface area contributed by atoms with E-state index in [9.17, 15) is 0 Å². The van der Waals surface area contributed by atoms with Crippen molar-refractivity contribution in [2.75, 3.05) is 0 Å². The molecule has 16 heavy (non-hydrogen) atoms. The van der Waals surface area contributed by atoms with Crippen LogP contribution >= 0.6 is 0 Å². The molecule has 1 fully saturated rings. The summed E-state index contributed by atoms with van der Waals surface area (Å²) >= 11 is 0. The minimum atomic E-state index is 0.583. The second-order valence-corrected chi connectivity index (χ2v) is 4.60. The lowest BCUT2D eigenvalue weighted by atomic mass is 9.90. The lowest BCUT2D eigenvalue weighted by molar-refractivity contribution is 0.128. The van der Waals surface area contributed by atoms with Gasteiger partial charge in [0.1, 0.15) is 6.61 Å². The highest BCUT2D eigenvalue weighted by atomic mass is 16.6. The van der Waals surface area contributed by atoms with Crippen LogP contribution in [0.25, 0.3) is 0 Å². The van der Waals surface area contributed by atoms with Crippen LogP contribution in [0.5, 0.6) is 0 Å². The van der Waals surface area contributed by atoms with Gasteiger partial charge in [0, 0.05) is 0 Å². The van der Waals surface area contributed by atoms with Gasteiger partial charge in [-0.25, -0.2) is 0 Å². The second kappa shape index (κ2) is 5.69. The minimum Gasteiger partial charge on any atom is -0.391 e. The molecule has 0 N–H and O–H groups in total. The Hall–Kier alpha value is -1.31. The number of benzene rings is 1. The van der Waals surface area contributed by atoms with Crippen LogP contribution < -0.4 is 0 Å². The molecule has 0 heterocycles. The fraction of sp³-hybridized carbons (Fsp3) is 0.500. The van der Waals surface area contributed by atoms with Gasteiger partial charge >= 0.3 is 0 Å². The molecule has 0 radical (unpaired) electrons. The van der Waals surface area contributed by atoms with Crippen LogP contribution in [-0.2, 0) is 11.4 Å². The molecule has 0 saturated heterocycles. The third-order valence-corrected chi connectivity index (χ3v) is 3.12. The van der Waals surface area contributed by atoms with E-state index >= 15 is 0 Å². The van der Waals surface area contributed by atoms with Gasteiger partial charge in [0.25, 0.3) is 0 Å². The van der Waals surface area contributed by atoms with Crippen molar-refractivity contribution in [3.8, 4) is 0 Å². The molecule has 0 aromatic heterocycles. The Bertz CT molecular complexity index is 335. The van der Waals surface area contributed by atoms with Gasteiger partial charge in [0.2, 0.25) is 0 Å². The maximum absolute atomic E-state index is 5.38. The first-order valence-corrected chi connectivity index (χ1v) is 6.06. The Morgan fingerprint density at radius 3 is 2.56 bits per heavy atom. The van der Waals surface area contributed by atoms with Crippen LogP contribution in [0.3, 0.4) is 0 Å². The Morgan fingerprint density at radius 1 is 1.19 bits per heavy atom. The first-order valence-electron chi connectivity index (χ1n) is 6.06. The van der Waals surface area contributed by atoms with Crippen molar-refractivity contribution in [2.24, 2.45) is 11.1 Å². The fourth-order valence-electron chi connectivity index (χ4n) is 1.96. The summed E-state index contributed by atoms with van der Waals surface area (Å²) in [5.41, 5.74) is 2.41. The standard InChI is InChI=1S/C14H19NO/c1-12-7-9-14(10-8-12)15-16-11-13-5-3-2-4-6-13/h2-6,12H,7-11H2,1H3. The minimum absolute atomic E-state index is 0.583. The van der Waals surface area contributed by atoms with E-state index < -0.39 is 0 Å². The van der Waals surface area contributed by atoms with Crippen LogP contribution in [-0.4, -0.2) is 5.71 Å². The Labute approximate surface area is 97.3 Å². The highest BCUT2D eigenvalue weighted by Gasteiger charge is 2.13. The third-order valence-electron chi connectivity index (χ3n) is 3.12. The molecular formula is C14H19NO. The van der Waals surface area contributed by atoms with E-state index in [1.807, 2.05) is 18.2 Å². The maximum Gasteiger partial charge on any atom is 0.142 e. The van der Waals surface area contributed by atoms with E-state index in [4.69, 9.17) is 4.84 Å². The summed E-state index contributed by atoms with van der Waals surface area (Å²) in [5, 5.41) is 4.23. The molecule has 0 amide bonds. The lowest BCUT2D eigenvalue weighted by Crippen LogP contribution is -2.11. The SMILES string of the molecule is CC1CCC(=NOCc2ccccc2)CC1. The zero-order chi connectivity index (χ0) is 11.2. The van der Waals surface area contributed by atoms with Gasteiger partial charge in [0.05, 0.1) is 5.71 Å². The molecule has 2 heteroatoms. The van der Waals surface area contributed by atoms with Crippen LogP contribution in [0.2, 0.25) is 0 Å². The van der Waals surface area contributed by atoms with Crippen molar-refractivity contribution in [1.82, 2.24) is 0 Å². The smallest absolute Gasteiger partial charge is 0.142 e. The monoisotopic (exact) mass is 217 g/mol. The Kier molecular flexibility index (Phi) is 3.97. The number of hydrogen-bond donors (Lipinski definition) is 0. The first-order chi connectivity index (χ1) is 7.84. The second-order valence-electron chi connectivity index (χ2n) is 4.60. The van der Waals surface area contributed by atoms with Gasteiger partial charge in [0.15, 0.2) is 0 Å². The summed E-state index contributed by atoms with van der Waals surface area (Å²) in [5.74, 6) is 0.855. The van der Waals surface area contributed by atoms with E-state index in [0.717, 1.165) is 18.8 Å². The van der Waals surface area contributed by atoms with Crippen LogP contribution in [0.4, 0.5) is 0 Å².